The van der Waals surface area contributed by atoms with Crippen molar-refractivity contribution in [3.8, 4) is 11.3 Å². The number of piperidine rings is 2. The van der Waals surface area contributed by atoms with Gasteiger partial charge in [0.05, 0.1) is 129 Å². The number of anilines is 2. The quantitative estimate of drug-likeness (QED) is 0.00856. The molecular formula is C95H138N12O23. The van der Waals surface area contributed by atoms with Crippen LogP contribution < -0.4 is 22.1 Å². The number of allylic oxidation sites excluding steroid dienone is 5. The molecule has 0 spiro atoms. The highest BCUT2D eigenvalue weighted by Gasteiger charge is 2.53. The number of ketones is 2. The molecule has 4 fully saturated rings. The van der Waals surface area contributed by atoms with Crippen LogP contribution in [0.25, 0.3) is 33.4 Å². The fourth-order valence-corrected chi connectivity index (χ4v) is 18.3. The maximum atomic E-state index is 14.8. The first-order valence-corrected chi connectivity index (χ1v) is 46.3. The molecule has 716 valence electrons. The number of rotatable bonds is 33. The number of fused-ring (bicyclic) bond motifs is 6. The minimum Gasteiger partial charge on any atom is -0.460 e. The van der Waals surface area contributed by atoms with Crippen LogP contribution in [0.3, 0.4) is 0 Å². The van der Waals surface area contributed by atoms with E-state index in [9.17, 15) is 54.0 Å². The van der Waals surface area contributed by atoms with E-state index < -0.39 is 114 Å². The summed E-state index contributed by atoms with van der Waals surface area (Å²) >= 11 is 0. The van der Waals surface area contributed by atoms with Gasteiger partial charge >= 0.3 is 12.1 Å². The van der Waals surface area contributed by atoms with E-state index >= 15 is 0 Å². The summed E-state index contributed by atoms with van der Waals surface area (Å²) in [5, 5.41) is 58.3. The molecule has 35 heteroatoms. The third-order valence-electron chi connectivity index (χ3n) is 26.0. The van der Waals surface area contributed by atoms with Crippen molar-refractivity contribution in [1.29, 1.82) is 0 Å². The van der Waals surface area contributed by atoms with E-state index in [4.69, 9.17) is 73.1 Å². The smallest absolute Gasteiger partial charge is 0.407 e. The molecule has 1 aliphatic carbocycles. The van der Waals surface area contributed by atoms with Gasteiger partial charge in [0, 0.05) is 95.7 Å². The average molecular weight is 1820 g/mol. The number of likely N-dealkylation sites (tertiary alicyclic amines) is 1. The predicted molar refractivity (Wildman–Crippen MR) is 483 cm³/mol. The summed E-state index contributed by atoms with van der Waals surface area (Å²) in [6.07, 6.45) is 11.2. The molecule has 16 atom stereocenters. The van der Waals surface area contributed by atoms with E-state index in [-0.39, 0.29) is 80.1 Å². The Bertz CT molecular complexity index is 4660. The molecule has 1 saturated carbocycles. The minimum absolute atomic E-state index is 0.0141. The Labute approximate surface area is 761 Å². The SMILES string of the molecule is CO[C@H]1C[C@@H]2CC[C@@H](C)[C@@](O)(O2)C(=O)C(=O)N2CCCC[C@H]2C(=O)O[C@H]([C@H](C)C[C@@H]2CC[C@@H](OC(=O)NC3CCN(CC(=O)NCCOCCOCCOCCOCCOCCOCCC(=O)N4CCc5cc(Cn6nc(-c7ccc8oc(N)nc8c7)c7c(N)ncnc76)ccc5C4)CC3)[C@H](OC)C2)C[C@@H](O)[C@H](C)/C=C(\C)[C@@H](O)[C@@H](O)C(=O)[C@H](C)C[C@H](C)/C=C/C=C/C=C/1C. The lowest BCUT2D eigenvalue weighted by Crippen LogP contribution is -2.61. The molecule has 8 heterocycles. The van der Waals surface area contributed by atoms with Gasteiger partial charge in [-0.3, -0.25) is 28.9 Å². The number of nitrogens with one attached hydrogen (secondary N) is 2. The van der Waals surface area contributed by atoms with Crippen molar-refractivity contribution in [2.24, 2.45) is 35.5 Å². The molecule has 5 aliphatic heterocycles. The highest BCUT2D eigenvalue weighted by atomic mass is 16.6. The van der Waals surface area contributed by atoms with Gasteiger partial charge in [0.15, 0.2) is 17.0 Å². The standard InChI is InChI=1S/C95H138N12O23/c1-59-15-11-10-12-16-60(2)78(119-8)53-72-23-18-65(7)95(118,130-72)88(114)91(115)106-31-14-13-17-74(106)92(116)127-79(54-75(108)61(3)48-64(6)86(112)87(113)85(111)63(5)47-59)62(4)49-66-20-24-77(80(51-66)120-9)129-94(117)101-71-27-32-104(33-28-71)57-81(109)98-30-36-122-38-40-124-42-44-126-46-45-125-43-41-123-39-37-121-35-29-82(110)105-34-26-68-50-67(19-21-70(68)56-105)55-107-90-83(89(96)99-58-100-90)84(103-107)69-22-25-76-73(52-69)102-93(97)128-76/h10-12,15-16,19,21-22,25,48,50,52,58-59,61-63,65-66,71-72,74-75,77-80,86-87,108,112-113,118H,13-14,17-18,20,23-24,26-47,49,51,53-57H2,1-9H3,(H2,97,102)(H,98,109)(H,101,117)(H2,96,99,100)/b12-10+,15-11+,60-16+,64-48+/t59-,61-,62-,63-,65-,66+,72+,74+,75-,77-,78+,79+,80-,86-,87+,95-/m1/s1. The Hall–Kier alpha value is -9.05. The van der Waals surface area contributed by atoms with Gasteiger partial charge in [-0.1, -0.05) is 89.3 Å². The summed E-state index contributed by atoms with van der Waals surface area (Å²) in [4.78, 5) is 115. The van der Waals surface area contributed by atoms with Crippen molar-refractivity contribution in [1.82, 2.24) is 50.1 Å². The van der Waals surface area contributed by atoms with Gasteiger partial charge in [-0.25, -0.2) is 24.2 Å². The lowest BCUT2D eigenvalue weighted by molar-refractivity contribution is -0.265. The normalized spacial score (nSPS) is 28.2. The number of ether oxygens (including phenoxy) is 11. The summed E-state index contributed by atoms with van der Waals surface area (Å²) < 4.78 is 71.8. The number of esters is 1. The highest BCUT2D eigenvalue weighted by molar-refractivity contribution is 6.39. The fourth-order valence-electron chi connectivity index (χ4n) is 18.3. The molecule has 2 aromatic carbocycles. The van der Waals surface area contributed by atoms with Crippen molar-refractivity contribution in [2.45, 2.75) is 231 Å². The highest BCUT2D eigenvalue weighted by Crippen LogP contribution is 2.40. The van der Waals surface area contributed by atoms with Gasteiger partial charge in [0.2, 0.25) is 17.6 Å². The predicted octanol–water partition coefficient (Wildman–Crippen LogP) is 7.87. The van der Waals surface area contributed by atoms with Crippen molar-refractivity contribution in [2.75, 3.05) is 144 Å². The van der Waals surface area contributed by atoms with Crippen LogP contribution in [0.4, 0.5) is 16.6 Å². The molecule has 6 aliphatic rings. The van der Waals surface area contributed by atoms with E-state index in [2.05, 4.69) is 43.8 Å². The van der Waals surface area contributed by atoms with Gasteiger partial charge in [-0.2, -0.15) is 10.1 Å². The summed E-state index contributed by atoms with van der Waals surface area (Å²) in [5.74, 6) is -8.31. The lowest BCUT2D eigenvalue weighted by Gasteiger charge is -2.43. The van der Waals surface area contributed by atoms with E-state index in [0.29, 0.717) is 223 Å². The van der Waals surface area contributed by atoms with Crippen LogP contribution in [0.1, 0.15) is 161 Å². The van der Waals surface area contributed by atoms with E-state index in [1.54, 1.807) is 54.1 Å². The summed E-state index contributed by atoms with van der Waals surface area (Å²) in [6, 6.07) is 10.5. The molecule has 3 saturated heterocycles. The zero-order valence-corrected chi connectivity index (χ0v) is 77.0. The lowest BCUT2D eigenvalue weighted by atomic mass is 9.78. The first kappa shape index (κ1) is 101. The number of aliphatic hydroxyl groups excluding tert-OH is 3. The minimum atomic E-state index is -2.48. The number of nitrogens with zero attached hydrogens (tertiary/aromatic N) is 8. The number of methoxy groups -OCH3 is 2. The topological polar surface area (TPSA) is 457 Å². The zero-order chi connectivity index (χ0) is 93.0. The molecule has 2 bridgehead atoms. The number of benzene rings is 2. The second kappa shape index (κ2) is 50.2. The van der Waals surface area contributed by atoms with E-state index in [1.165, 1.54) is 16.8 Å². The van der Waals surface area contributed by atoms with Crippen molar-refractivity contribution >= 4 is 75.3 Å². The van der Waals surface area contributed by atoms with Crippen molar-refractivity contribution in [3.05, 3.63) is 107 Å². The molecule has 130 heavy (non-hydrogen) atoms. The number of aliphatic hydroxyl groups is 4. The van der Waals surface area contributed by atoms with Crippen LogP contribution in [-0.2, 0) is 100 Å². The first-order valence-electron chi connectivity index (χ1n) is 46.3. The molecule has 5 aromatic rings. The third kappa shape index (κ3) is 28.7. The molecular weight excluding hydrogens is 1680 g/mol. The number of oxazole rings is 1. The summed E-state index contributed by atoms with van der Waals surface area (Å²) in [6.45, 7) is 20.2. The van der Waals surface area contributed by atoms with Gasteiger partial charge in [0.25, 0.3) is 17.7 Å². The Kier molecular flexibility index (Phi) is 39.2. The summed E-state index contributed by atoms with van der Waals surface area (Å²) in [5.41, 5.74) is 19.8. The average Bonchev–Trinajstić information content (AvgIpc) is 1.61. The van der Waals surface area contributed by atoms with Crippen LogP contribution in [0.5, 0.6) is 0 Å². The maximum Gasteiger partial charge on any atom is 0.407 e. The molecule has 0 unspecified atom stereocenters. The van der Waals surface area contributed by atoms with Crippen molar-refractivity contribution in [3.63, 3.8) is 0 Å². The number of hydrogen-bond donors (Lipinski definition) is 8. The number of aromatic nitrogens is 5. The largest absolute Gasteiger partial charge is 0.460 e. The number of nitrogen functional groups attached to an aromatic ring is 2. The number of carbonyl (C=O) groups excluding carboxylic acids is 7. The number of nitrogens with two attached hydrogens (primary N) is 2. The summed E-state index contributed by atoms with van der Waals surface area (Å²) in [7, 11) is 3.13. The number of hydrogen-bond acceptors (Lipinski definition) is 30. The Morgan fingerprint density at radius 3 is 2.13 bits per heavy atom. The Morgan fingerprint density at radius 2 is 1.42 bits per heavy atom. The van der Waals surface area contributed by atoms with Gasteiger partial charge in [-0.15, -0.1) is 0 Å². The second-order valence-electron chi connectivity index (χ2n) is 35.8. The molecule has 10 N–H and O–H groups in total. The molecule has 4 amide bonds. The van der Waals surface area contributed by atoms with Crippen LogP contribution in [-0.4, -0.2) is 301 Å². The number of Topliss-reactive ketones (excluding diaryl/α,β-unsaturated/α-hetero) is 2. The molecule has 11 rings (SSSR count). The third-order valence-corrected chi connectivity index (χ3v) is 26.0. The Morgan fingerprint density at radius 1 is 0.715 bits per heavy atom. The number of alkyl carbamates (subject to hydrolysis) is 1. The van der Waals surface area contributed by atoms with Crippen molar-refractivity contribution < 1.29 is 111 Å². The van der Waals surface area contributed by atoms with Crippen LogP contribution in [0.2, 0.25) is 0 Å². The maximum absolute atomic E-state index is 14.8. The van der Waals surface area contributed by atoms with Crippen LogP contribution in [0, 0.1) is 35.5 Å². The molecule has 3 aromatic heterocycles. The van der Waals surface area contributed by atoms with E-state index in [1.807, 2.05) is 77.8 Å². The van der Waals surface area contributed by atoms with Gasteiger partial charge < -0.3 is 109 Å². The van der Waals surface area contributed by atoms with Crippen LogP contribution in [0.15, 0.2) is 94.7 Å². The fraction of sp³-hybridized carbons (Fsp3) is 0.653. The van der Waals surface area contributed by atoms with Gasteiger partial charge in [-0.05, 0) is 161 Å². The number of amides is 4. The number of carbonyl (C=O) groups is 7. The Balaban J connectivity index is 0.523. The first-order chi connectivity index (χ1) is 62.6. The van der Waals surface area contributed by atoms with Gasteiger partial charge in [0.1, 0.15) is 53.8 Å². The zero-order valence-electron chi connectivity index (χ0n) is 77.0. The second-order valence-corrected chi connectivity index (χ2v) is 35.8. The monoisotopic (exact) mass is 1810 g/mol. The molecule has 35 nitrogen and oxygen atoms in total. The molecule has 0 radical (unpaired) electrons. The number of cyclic esters (lactones) is 1. The van der Waals surface area contributed by atoms with Crippen LogP contribution >= 0.6 is 0 Å². The van der Waals surface area contributed by atoms with E-state index in [0.717, 1.165) is 28.7 Å².